The van der Waals surface area contributed by atoms with Gasteiger partial charge in [0.2, 0.25) is 0 Å². The number of ether oxygens (including phenoxy) is 3. The van der Waals surface area contributed by atoms with Gasteiger partial charge in [-0.2, -0.15) is 0 Å². The highest BCUT2D eigenvalue weighted by atomic mass is 16.5. The first kappa shape index (κ1) is 16.0. The summed E-state index contributed by atoms with van der Waals surface area (Å²) < 4.78 is 15.8. The third-order valence-electron chi connectivity index (χ3n) is 2.65. The molecule has 2 N–H and O–H groups in total. The molecule has 0 atom stereocenters. The van der Waals surface area contributed by atoms with Crippen LogP contribution in [0.1, 0.15) is 12.0 Å². The van der Waals surface area contributed by atoms with E-state index in [2.05, 4.69) is 0 Å². The van der Waals surface area contributed by atoms with Gasteiger partial charge < -0.3 is 24.3 Å². The summed E-state index contributed by atoms with van der Waals surface area (Å²) in [4.78, 5) is 0. The van der Waals surface area contributed by atoms with Crippen molar-refractivity contribution in [3.05, 3.63) is 23.8 Å². The second kappa shape index (κ2) is 8.93. The smallest absolute Gasteiger partial charge is 0.488 e. The number of hydrogen-bond donors (Lipinski definition) is 2. The van der Waals surface area contributed by atoms with Crippen LogP contribution < -0.4 is 10.2 Å². The van der Waals surface area contributed by atoms with Gasteiger partial charge in [0.1, 0.15) is 12.4 Å². The van der Waals surface area contributed by atoms with Crippen LogP contribution in [-0.2, 0) is 9.47 Å². The number of benzene rings is 1. The fourth-order valence-electron chi connectivity index (χ4n) is 1.65. The highest BCUT2D eigenvalue weighted by Gasteiger charge is 2.13. The molecule has 0 fully saturated rings. The number of methoxy groups -OCH3 is 1. The Morgan fingerprint density at radius 1 is 1.11 bits per heavy atom. The molecule has 0 bridgehead atoms. The highest BCUT2D eigenvalue weighted by Crippen LogP contribution is 2.11. The average molecular weight is 268 g/mol. The molecule has 0 aliphatic heterocycles. The first-order valence-electron chi connectivity index (χ1n) is 6.31. The van der Waals surface area contributed by atoms with E-state index in [1.54, 1.807) is 25.3 Å². The van der Waals surface area contributed by atoms with Gasteiger partial charge in [0, 0.05) is 20.3 Å². The summed E-state index contributed by atoms with van der Waals surface area (Å²) in [5.74, 6) is 0.697. The first-order chi connectivity index (χ1) is 9.15. The molecule has 106 valence electrons. The van der Waals surface area contributed by atoms with Crippen LogP contribution >= 0.6 is 0 Å². The van der Waals surface area contributed by atoms with Gasteiger partial charge in [-0.25, -0.2) is 0 Å². The average Bonchev–Trinajstić information content (AvgIpc) is 2.37. The zero-order valence-electron chi connectivity index (χ0n) is 11.5. The van der Waals surface area contributed by atoms with E-state index in [4.69, 9.17) is 24.3 Å². The molecule has 19 heavy (non-hydrogen) atoms. The van der Waals surface area contributed by atoms with Gasteiger partial charge >= 0.3 is 7.12 Å². The van der Waals surface area contributed by atoms with Crippen molar-refractivity contribution in [1.82, 2.24) is 0 Å². The van der Waals surface area contributed by atoms with Crippen LogP contribution in [0, 0.1) is 6.92 Å². The molecule has 0 saturated carbocycles. The lowest BCUT2D eigenvalue weighted by atomic mass is 9.77. The fourth-order valence-corrected chi connectivity index (χ4v) is 1.65. The van der Waals surface area contributed by atoms with E-state index in [0.717, 1.165) is 12.0 Å². The lowest BCUT2D eigenvalue weighted by Crippen LogP contribution is -2.31. The summed E-state index contributed by atoms with van der Waals surface area (Å²) in [5, 5.41) is 18.2. The highest BCUT2D eigenvalue weighted by molar-refractivity contribution is 6.59. The van der Waals surface area contributed by atoms with E-state index in [0.29, 0.717) is 37.6 Å². The molecule has 0 heterocycles. The summed E-state index contributed by atoms with van der Waals surface area (Å²) in [5.41, 5.74) is 1.27. The predicted molar refractivity (Wildman–Crippen MR) is 73.8 cm³/mol. The zero-order valence-corrected chi connectivity index (χ0v) is 11.5. The maximum Gasteiger partial charge on any atom is 0.488 e. The lowest BCUT2D eigenvalue weighted by molar-refractivity contribution is 0.0806. The molecule has 6 heteroatoms. The summed E-state index contributed by atoms with van der Waals surface area (Å²) in [7, 11) is 0.219. The Kier molecular flexibility index (Phi) is 7.51. The second-order valence-corrected chi connectivity index (χ2v) is 4.20. The molecule has 0 aliphatic carbocycles. The van der Waals surface area contributed by atoms with Gasteiger partial charge in [-0.15, -0.1) is 0 Å². The first-order valence-corrected chi connectivity index (χ1v) is 6.31. The zero-order chi connectivity index (χ0) is 14.1. The number of rotatable bonds is 9. The van der Waals surface area contributed by atoms with E-state index >= 15 is 0 Å². The quantitative estimate of drug-likeness (QED) is 0.491. The van der Waals surface area contributed by atoms with Crippen molar-refractivity contribution in [3.8, 4) is 5.75 Å². The number of aryl methyl sites for hydroxylation is 1. The minimum atomic E-state index is -1.45. The van der Waals surface area contributed by atoms with Crippen LogP contribution in [0.25, 0.3) is 0 Å². The SMILES string of the molecule is COCCCOCCOc1ccc(B(O)O)c(C)c1. The van der Waals surface area contributed by atoms with Gasteiger partial charge in [-0.3, -0.25) is 0 Å². The van der Waals surface area contributed by atoms with Gasteiger partial charge in [0.05, 0.1) is 6.61 Å². The summed E-state index contributed by atoms with van der Waals surface area (Å²) in [6.45, 7) is 4.15. The van der Waals surface area contributed by atoms with Crippen molar-refractivity contribution in [2.45, 2.75) is 13.3 Å². The Morgan fingerprint density at radius 3 is 2.53 bits per heavy atom. The third-order valence-corrected chi connectivity index (χ3v) is 2.65. The normalized spacial score (nSPS) is 10.5. The summed E-state index contributed by atoms with van der Waals surface area (Å²) in [6, 6.07) is 5.14. The van der Waals surface area contributed by atoms with Crippen LogP contribution in [0.5, 0.6) is 5.75 Å². The van der Waals surface area contributed by atoms with E-state index in [1.165, 1.54) is 0 Å². The molecule has 1 rings (SSSR count). The van der Waals surface area contributed by atoms with Gasteiger partial charge in [-0.05, 0) is 36.5 Å². The van der Waals surface area contributed by atoms with Crippen molar-refractivity contribution >= 4 is 12.6 Å². The minimum absolute atomic E-state index is 0.466. The molecule has 1 aromatic carbocycles. The molecule has 0 spiro atoms. The van der Waals surface area contributed by atoms with Crippen molar-refractivity contribution in [3.63, 3.8) is 0 Å². The monoisotopic (exact) mass is 268 g/mol. The Morgan fingerprint density at radius 2 is 1.89 bits per heavy atom. The van der Waals surface area contributed by atoms with Crippen molar-refractivity contribution in [2.24, 2.45) is 0 Å². The van der Waals surface area contributed by atoms with Crippen molar-refractivity contribution < 1.29 is 24.3 Å². The maximum atomic E-state index is 9.10. The molecule has 1 aromatic rings. The fraction of sp³-hybridized carbons (Fsp3) is 0.538. The van der Waals surface area contributed by atoms with Gasteiger partial charge in [-0.1, -0.05) is 6.07 Å². The topological polar surface area (TPSA) is 68.2 Å². The van der Waals surface area contributed by atoms with Crippen LogP contribution in [0.3, 0.4) is 0 Å². The summed E-state index contributed by atoms with van der Waals surface area (Å²) in [6.07, 6.45) is 0.874. The van der Waals surface area contributed by atoms with E-state index in [1.807, 2.05) is 6.92 Å². The Bertz CT molecular complexity index is 370. The maximum absolute atomic E-state index is 9.10. The van der Waals surface area contributed by atoms with E-state index in [-0.39, 0.29) is 0 Å². The third kappa shape index (κ3) is 6.07. The van der Waals surface area contributed by atoms with Crippen LogP contribution in [0.2, 0.25) is 0 Å². The lowest BCUT2D eigenvalue weighted by Gasteiger charge is -2.10. The van der Waals surface area contributed by atoms with Crippen molar-refractivity contribution in [2.75, 3.05) is 33.5 Å². The molecule has 0 amide bonds. The molecule has 0 saturated heterocycles. The molecular formula is C13H21BO5. The standard InChI is InChI=1S/C13H21BO5/c1-11-10-12(4-5-13(11)14(15)16)19-9-8-18-7-3-6-17-2/h4-5,10,15-16H,3,6-9H2,1-2H3. The molecule has 0 aliphatic rings. The van der Waals surface area contributed by atoms with E-state index in [9.17, 15) is 0 Å². The summed E-state index contributed by atoms with van der Waals surface area (Å²) >= 11 is 0. The molecule has 0 unspecified atom stereocenters. The Balaban J connectivity index is 2.25. The molecular weight excluding hydrogens is 247 g/mol. The molecule has 0 aromatic heterocycles. The van der Waals surface area contributed by atoms with Crippen LogP contribution in [0.15, 0.2) is 18.2 Å². The second-order valence-electron chi connectivity index (χ2n) is 4.20. The Hall–Kier alpha value is -1.08. The van der Waals surface area contributed by atoms with E-state index < -0.39 is 7.12 Å². The number of hydrogen-bond acceptors (Lipinski definition) is 5. The van der Waals surface area contributed by atoms with Crippen LogP contribution in [0.4, 0.5) is 0 Å². The Labute approximate surface area is 114 Å². The minimum Gasteiger partial charge on any atom is -0.491 e. The van der Waals surface area contributed by atoms with Gasteiger partial charge in [0.25, 0.3) is 0 Å². The van der Waals surface area contributed by atoms with Crippen molar-refractivity contribution in [1.29, 1.82) is 0 Å². The van der Waals surface area contributed by atoms with Gasteiger partial charge in [0.15, 0.2) is 0 Å². The molecule has 5 nitrogen and oxygen atoms in total. The largest absolute Gasteiger partial charge is 0.491 e. The molecule has 0 radical (unpaired) electrons. The van der Waals surface area contributed by atoms with Crippen LogP contribution in [-0.4, -0.2) is 50.7 Å². The predicted octanol–water partition coefficient (Wildman–Crippen LogP) is 0.107.